The molecule has 5 heteroatoms. The summed E-state index contributed by atoms with van der Waals surface area (Å²) in [5.74, 6) is -1.37. The van der Waals surface area contributed by atoms with E-state index in [1.165, 1.54) is 4.90 Å². The number of hydrogen-bond donors (Lipinski definition) is 2. The predicted molar refractivity (Wildman–Crippen MR) is 49.0 cm³/mol. The number of nitrogens with zero attached hydrogens (tertiary/aromatic N) is 1. The summed E-state index contributed by atoms with van der Waals surface area (Å²) in [6.07, 6.45) is -0.494. The first kappa shape index (κ1) is 9.21. The molecule has 0 saturated carbocycles. The van der Waals surface area contributed by atoms with Crippen LogP contribution in [0.2, 0.25) is 0 Å². The third-order valence-electron chi connectivity index (χ3n) is 2.22. The maximum absolute atomic E-state index is 13.3. The molecule has 0 bridgehead atoms. The smallest absolute Gasteiger partial charge is 0.151 e. The lowest BCUT2D eigenvalue weighted by atomic mass is 10.1. The van der Waals surface area contributed by atoms with Crippen molar-refractivity contribution in [3.8, 4) is 0 Å². The fraction of sp³-hybridized carbons (Fsp3) is 0.333. The van der Waals surface area contributed by atoms with Crippen molar-refractivity contribution in [2.24, 2.45) is 0 Å². The van der Waals surface area contributed by atoms with Crippen LogP contribution >= 0.6 is 0 Å². The van der Waals surface area contributed by atoms with E-state index in [1.807, 2.05) is 0 Å². The summed E-state index contributed by atoms with van der Waals surface area (Å²) >= 11 is 0. The van der Waals surface area contributed by atoms with E-state index in [4.69, 9.17) is 10.8 Å². The Hall–Kier alpha value is -1.36. The lowest BCUT2D eigenvalue weighted by molar-refractivity contribution is 0.140. The lowest BCUT2D eigenvalue weighted by Gasteiger charge is -2.38. The van der Waals surface area contributed by atoms with Crippen molar-refractivity contribution < 1.29 is 13.9 Å². The molecule has 0 radical (unpaired) electrons. The molecule has 1 aromatic carbocycles. The second-order valence-electron chi connectivity index (χ2n) is 3.39. The van der Waals surface area contributed by atoms with Gasteiger partial charge in [0.05, 0.1) is 6.10 Å². The molecule has 1 saturated heterocycles. The van der Waals surface area contributed by atoms with Crippen LogP contribution in [0, 0.1) is 11.6 Å². The average Bonchev–Trinajstić information content (AvgIpc) is 1.99. The molecule has 1 fully saturated rings. The number of halogens is 2. The molecule has 0 atom stereocenters. The Bertz CT molecular complexity index is 341. The van der Waals surface area contributed by atoms with Gasteiger partial charge in [-0.2, -0.15) is 0 Å². The molecule has 3 nitrogen and oxygen atoms in total. The Kier molecular flexibility index (Phi) is 2.03. The monoisotopic (exact) mass is 200 g/mol. The predicted octanol–water partition coefficient (Wildman–Crippen LogP) is 0.728. The molecule has 3 N–H and O–H groups in total. The topological polar surface area (TPSA) is 49.5 Å². The zero-order valence-electron chi connectivity index (χ0n) is 7.37. The second kappa shape index (κ2) is 3.09. The molecule has 0 spiro atoms. The van der Waals surface area contributed by atoms with E-state index < -0.39 is 17.7 Å². The molecule has 1 aliphatic heterocycles. The summed E-state index contributed by atoms with van der Waals surface area (Å²) in [7, 11) is 0. The molecule has 0 amide bonds. The number of nitrogen functional groups attached to an aromatic ring is 1. The zero-order valence-corrected chi connectivity index (χ0v) is 7.37. The van der Waals surface area contributed by atoms with Crippen molar-refractivity contribution >= 4 is 11.4 Å². The molecular formula is C9H10F2N2O. The third kappa shape index (κ3) is 1.39. The summed E-state index contributed by atoms with van der Waals surface area (Å²) in [5, 5.41) is 9.00. The van der Waals surface area contributed by atoms with Gasteiger partial charge >= 0.3 is 0 Å². The van der Waals surface area contributed by atoms with Crippen LogP contribution in [0.4, 0.5) is 20.2 Å². The quantitative estimate of drug-likeness (QED) is 0.657. The van der Waals surface area contributed by atoms with Crippen molar-refractivity contribution in [1.29, 1.82) is 0 Å². The lowest BCUT2D eigenvalue weighted by Crippen LogP contribution is -2.51. The number of benzene rings is 1. The first-order valence-corrected chi connectivity index (χ1v) is 4.25. The normalized spacial score (nSPS) is 16.9. The Balaban J connectivity index is 2.33. The Morgan fingerprint density at radius 2 is 1.79 bits per heavy atom. The maximum Gasteiger partial charge on any atom is 0.151 e. The Morgan fingerprint density at radius 1 is 1.29 bits per heavy atom. The fourth-order valence-corrected chi connectivity index (χ4v) is 1.53. The van der Waals surface area contributed by atoms with Crippen LogP contribution in [0.1, 0.15) is 0 Å². The van der Waals surface area contributed by atoms with Gasteiger partial charge in [0.2, 0.25) is 0 Å². The third-order valence-corrected chi connectivity index (χ3v) is 2.22. The first-order valence-electron chi connectivity index (χ1n) is 4.25. The van der Waals surface area contributed by atoms with Gasteiger partial charge in [0.1, 0.15) is 5.69 Å². The highest BCUT2D eigenvalue weighted by molar-refractivity contribution is 5.57. The van der Waals surface area contributed by atoms with E-state index in [0.29, 0.717) is 0 Å². The van der Waals surface area contributed by atoms with Crippen molar-refractivity contribution in [3.63, 3.8) is 0 Å². The van der Waals surface area contributed by atoms with Gasteiger partial charge in [-0.1, -0.05) is 0 Å². The van der Waals surface area contributed by atoms with Gasteiger partial charge in [-0.3, -0.25) is 0 Å². The highest BCUT2D eigenvalue weighted by atomic mass is 19.1. The minimum Gasteiger partial charge on any atom is -0.399 e. The first-order chi connectivity index (χ1) is 6.58. The Labute approximate surface area is 79.7 Å². The number of nitrogens with two attached hydrogens (primary N) is 1. The minimum atomic E-state index is -0.686. The molecule has 1 heterocycles. The molecule has 0 unspecified atom stereocenters. The van der Waals surface area contributed by atoms with Crippen molar-refractivity contribution in [1.82, 2.24) is 0 Å². The van der Waals surface area contributed by atoms with E-state index >= 15 is 0 Å². The van der Waals surface area contributed by atoms with Gasteiger partial charge in [-0.05, 0) is 12.1 Å². The maximum atomic E-state index is 13.3. The van der Waals surface area contributed by atoms with E-state index in [0.717, 1.165) is 12.1 Å². The van der Waals surface area contributed by atoms with Gasteiger partial charge < -0.3 is 15.7 Å². The Morgan fingerprint density at radius 3 is 2.21 bits per heavy atom. The number of rotatable bonds is 1. The van der Waals surface area contributed by atoms with Crippen molar-refractivity contribution in [2.45, 2.75) is 6.10 Å². The van der Waals surface area contributed by atoms with Gasteiger partial charge in [-0.25, -0.2) is 8.78 Å². The van der Waals surface area contributed by atoms with Gasteiger partial charge in [0, 0.05) is 18.8 Å². The molecule has 14 heavy (non-hydrogen) atoms. The summed E-state index contributed by atoms with van der Waals surface area (Å²) < 4.78 is 26.5. The molecule has 1 aromatic rings. The highest BCUT2D eigenvalue weighted by Crippen LogP contribution is 2.29. The number of anilines is 2. The SMILES string of the molecule is Nc1cc(F)c(N2CC(O)C2)c(F)c1. The van der Waals surface area contributed by atoms with Crippen LogP contribution < -0.4 is 10.6 Å². The van der Waals surface area contributed by atoms with Gasteiger partial charge in [0.25, 0.3) is 0 Å². The van der Waals surface area contributed by atoms with Crippen LogP contribution in [0.15, 0.2) is 12.1 Å². The molecule has 0 aliphatic carbocycles. The molecule has 1 aliphatic rings. The van der Waals surface area contributed by atoms with Crippen LogP contribution in [0.3, 0.4) is 0 Å². The zero-order chi connectivity index (χ0) is 10.3. The van der Waals surface area contributed by atoms with Crippen molar-refractivity contribution in [2.75, 3.05) is 23.7 Å². The molecular weight excluding hydrogens is 190 g/mol. The van der Waals surface area contributed by atoms with Crippen LogP contribution in [0.5, 0.6) is 0 Å². The van der Waals surface area contributed by atoms with Crippen LogP contribution in [-0.4, -0.2) is 24.3 Å². The highest BCUT2D eigenvalue weighted by Gasteiger charge is 2.29. The molecule has 76 valence electrons. The largest absolute Gasteiger partial charge is 0.399 e. The summed E-state index contributed by atoms with van der Waals surface area (Å²) in [6.45, 7) is 0.523. The van der Waals surface area contributed by atoms with Crippen molar-refractivity contribution in [3.05, 3.63) is 23.8 Å². The molecule has 2 rings (SSSR count). The van der Waals surface area contributed by atoms with E-state index in [9.17, 15) is 8.78 Å². The van der Waals surface area contributed by atoms with E-state index in [2.05, 4.69) is 0 Å². The number of aliphatic hydroxyl groups is 1. The number of aliphatic hydroxyl groups excluding tert-OH is 1. The standard InChI is InChI=1S/C9H10F2N2O/c10-7-1-5(12)2-8(11)9(7)13-3-6(14)4-13/h1-2,6,14H,3-4,12H2. The van der Waals surface area contributed by atoms with Gasteiger partial charge in [0.15, 0.2) is 11.6 Å². The summed E-state index contributed by atoms with van der Waals surface area (Å²) in [4.78, 5) is 1.44. The van der Waals surface area contributed by atoms with E-state index in [-0.39, 0.29) is 24.5 Å². The second-order valence-corrected chi connectivity index (χ2v) is 3.39. The number of β-amino-alcohol motifs (C(OH)–C–C–N with tert-alkyl or cyclic N) is 1. The van der Waals surface area contributed by atoms with Crippen LogP contribution in [0.25, 0.3) is 0 Å². The summed E-state index contributed by atoms with van der Waals surface area (Å²) in [5.41, 5.74) is 5.22. The van der Waals surface area contributed by atoms with Gasteiger partial charge in [-0.15, -0.1) is 0 Å². The minimum absolute atomic E-state index is 0.0600. The van der Waals surface area contributed by atoms with Crippen LogP contribution in [-0.2, 0) is 0 Å². The number of hydrogen-bond acceptors (Lipinski definition) is 3. The summed E-state index contributed by atoms with van der Waals surface area (Å²) in [6, 6.07) is 2.15. The average molecular weight is 200 g/mol. The molecule has 0 aromatic heterocycles. The van der Waals surface area contributed by atoms with E-state index in [1.54, 1.807) is 0 Å². The fourth-order valence-electron chi connectivity index (χ4n) is 1.53.